The van der Waals surface area contributed by atoms with Crippen molar-refractivity contribution in [2.75, 3.05) is 30.6 Å². The Labute approximate surface area is 155 Å². The van der Waals surface area contributed by atoms with E-state index >= 15 is 0 Å². The average molecular weight is 366 g/mol. The van der Waals surface area contributed by atoms with E-state index in [1.165, 1.54) is 11.8 Å². The maximum atomic E-state index is 12.8. The van der Waals surface area contributed by atoms with E-state index in [9.17, 15) is 4.79 Å². The van der Waals surface area contributed by atoms with Gasteiger partial charge in [-0.15, -0.1) is 0 Å². The predicted molar refractivity (Wildman–Crippen MR) is 105 cm³/mol. The summed E-state index contributed by atoms with van der Waals surface area (Å²) in [4.78, 5) is 17.7. The van der Waals surface area contributed by atoms with Crippen molar-refractivity contribution in [1.82, 2.24) is 10.1 Å². The van der Waals surface area contributed by atoms with Gasteiger partial charge < -0.3 is 10.2 Å². The van der Waals surface area contributed by atoms with E-state index in [0.717, 1.165) is 22.5 Å². The second kappa shape index (κ2) is 6.49. The number of benzene rings is 2. The second-order valence-corrected chi connectivity index (χ2v) is 7.13. The number of aromatic amines is 1. The molecule has 0 amide bonds. The van der Waals surface area contributed by atoms with Crippen LogP contribution in [0.4, 0.5) is 11.4 Å². The van der Waals surface area contributed by atoms with Gasteiger partial charge >= 0.3 is 11.3 Å². The molecule has 0 saturated heterocycles. The van der Waals surface area contributed by atoms with Gasteiger partial charge in [0.1, 0.15) is 0 Å². The third-order valence-corrected chi connectivity index (χ3v) is 5.07. The van der Waals surface area contributed by atoms with Crippen LogP contribution in [-0.2, 0) is 0 Å². The van der Waals surface area contributed by atoms with Crippen LogP contribution in [0.1, 0.15) is 11.7 Å². The Hall–Kier alpha value is -2.80. The number of thioether (sulfide) groups is 1. The Morgan fingerprint density at radius 2 is 1.85 bits per heavy atom. The molecular formula is C19H20N5OS+. The summed E-state index contributed by atoms with van der Waals surface area (Å²) in [6.07, 6.45) is 1.65. The summed E-state index contributed by atoms with van der Waals surface area (Å²) in [5, 5.41) is 8.77. The van der Waals surface area contributed by atoms with Crippen LogP contribution in [-0.4, -0.2) is 30.4 Å². The van der Waals surface area contributed by atoms with Crippen LogP contribution in [0, 0.1) is 0 Å². The molecule has 2 aromatic carbocycles. The fourth-order valence-electron chi connectivity index (χ4n) is 3.16. The topological polar surface area (TPSA) is 64.9 Å². The van der Waals surface area contributed by atoms with E-state index in [1.807, 2.05) is 44.6 Å². The second-order valence-electron chi connectivity index (χ2n) is 6.33. The fraction of sp³-hybridized carbons (Fsp3) is 0.211. The Morgan fingerprint density at radius 1 is 1.12 bits per heavy atom. The zero-order valence-corrected chi connectivity index (χ0v) is 15.7. The van der Waals surface area contributed by atoms with Crippen molar-refractivity contribution in [3.05, 3.63) is 64.4 Å². The molecule has 0 saturated carbocycles. The van der Waals surface area contributed by atoms with Crippen LogP contribution in [0.15, 0.2) is 58.5 Å². The average Bonchev–Trinajstić information content (AvgIpc) is 2.67. The van der Waals surface area contributed by atoms with E-state index in [2.05, 4.69) is 44.6 Å². The minimum atomic E-state index is -0.246. The largest absolute Gasteiger partial charge is 0.378 e. The minimum absolute atomic E-state index is 0.131. The number of fused-ring (bicyclic) bond motifs is 3. The lowest BCUT2D eigenvalue weighted by molar-refractivity contribution is -0.759. The molecule has 26 heavy (non-hydrogen) atoms. The van der Waals surface area contributed by atoms with Crippen LogP contribution in [0.3, 0.4) is 0 Å². The van der Waals surface area contributed by atoms with Crippen molar-refractivity contribution >= 4 is 23.1 Å². The van der Waals surface area contributed by atoms with E-state index in [1.54, 1.807) is 4.68 Å². The molecule has 0 spiro atoms. The molecule has 1 aliphatic rings. The molecule has 0 fully saturated rings. The van der Waals surface area contributed by atoms with Crippen molar-refractivity contribution in [1.29, 1.82) is 0 Å². The van der Waals surface area contributed by atoms with Crippen LogP contribution in [0.25, 0.3) is 11.3 Å². The molecule has 1 atom stereocenters. The Kier molecular flexibility index (Phi) is 4.16. The molecule has 0 unspecified atom stereocenters. The van der Waals surface area contributed by atoms with Crippen LogP contribution < -0.4 is 20.5 Å². The zero-order valence-electron chi connectivity index (χ0n) is 14.9. The molecule has 132 valence electrons. The maximum absolute atomic E-state index is 12.8. The molecule has 1 aliphatic heterocycles. The van der Waals surface area contributed by atoms with E-state index < -0.39 is 0 Å². The van der Waals surface area contributed by atoms with Gasteiger partial charge in [0.15, 0.2) is 0 Å². The molecule has 0 radical (unpaired) electrons. The molecule has 1 aromatic heterocycles. The number of hydrogen-bond donors (Lipinski definition) is 2. The van der Waals surface area contributed by atoms with Crippen LogP contribution in [0.5, 0.6) is 0 Å². The summed E-state index contributed by atoms with van der Waals surface area (Å²) in [7, 11) is 4.03. The number of anilines is 2. The first-order valence-corrected chi connectivity index (χ1v) is 9.54. The lowest BCUT2D eigenvalue weighted by atomic mass is 10.0. The van der Waals surface area contributed by atoms with Crippen molar-refractivity contribution in [2.45, 2.75) is 11.3 Å². The summed E-state index contributed by atoms with van der Waals surface area (Å²) in [6.45, 7) is 0. The Balaban J connectivity index is 1.90. The third-order valence-electron chi connectivity index (χ3n) is 4.50. The third kappa shape index (κ3) is 2.74. The lowest BCUT2D eigenvalue weighted by Crippen LogP contribution is -2.55. The molecule has 7 heteroatoms. The summed E-state index contributed by atoms with van der Waals surface area (Å²) >= 11 is 1.42. The van der Waals surface area contributed by atoms with Gasteiger partial charge in [-0.2, -0.15) is 0 Å². The minimum Gasteiger partial charge on any atom is -0.378 e. The number of nitrogens with one attached hydrogen (secondary N) is 2. The Morgan fingerprint density at radius 3 is 2.54 bits per heavy atom. The zero-order chi connectivity index (χ0) is 18.3. The van der Waals surface area contributed by atoms with Gasteiger partial charge in [-0.05, 0) is 47.3 Å². The number of aromatic nitrogens is 3. The maximum Gasteiger partial charge on any atom is 0.325 e. The highest BCUT2D eigenvalue weighted by molar-refractivity contribution is 7.98. The van der Waals surface area contributed by atoms with Crippen molar-refractivity contribution in [2.24, 2.45) is 0 Å². The standard InChI is InChI=1S/C19H19N5OS/c1-23(2)13-10-8-12(9-11-13)17-20-15-7-5-4-6-14(15)16-18(25)21-19(26-3)22-24(16)17/h4-11,17H,1-3H3,(H,21,22,25)/p+1/t17-/m1/s1. The fourth-order valence-corrected chi connectivity index (χ4v) is 3.53. The molecule has 3 aromatic rings. The van der Waals surface area contributed by atoms with E-state index in [0.29, 0.717) is 10.9 Å². The summed E-state index contributed by atoms with van der Waals surface area (Å²) < 4.78 is 1.79. The van der Waals surface area contributed by atoms with Crippen LogP contribution in [0.2, 0.25) is 0 Å². The highest BCUT2D eigenvalue weighted by Gasteiger charge is 2.37. The highest BCUT2D eigenvalue weighted by Crippen LogP contribution is 2.31. The first-order chi connectivity index (χ1) is 12.6. The van der Waals surface area contributed by atoms with Crippen LogP contribution >= 0.6 is 11.8 Å². The molecular weight excluding hydrogens is 346 g/mol. The summed E-state index contributed by atoms with van der Waals surface area (Å²) in [5.74, 6) is 0. The molecule has 2 heterocycles. The van der Waals surface area contributed by atoms with Gasteiger partial charge in [-0.3, -0.25) is 9.78 Å². The molecule has 0 bridgehead atoms. The van der Waals surface area contributed by atoms with Gasteiger partial charge in [-0.1, -0.05) is 23.9 Å². The smallest absolute Gasteiger partial charge is 0.325 e. The number of rotatable bonds is 3. The first kappa shape index (κ1) is 16.7. The van der Waals surface area contributed by atoms with Crippen molar-refractivity contribution < 1.29 is 4.68 Å². The van der Waals surface area contributed by atoms with Crippen molar-refractivity contribution in [3.63, 3.8) is 0 Å². The van der Waals surface area contributed by atoms with E-state index in [4.69, 9.17) is 0 Å². The predicted octanol–water partition coefficient (Wildman–Crippen LogP) is 2.48. The highest BCUT2D eigenvalue weighted by atomic mass is 32.2. The number of nitrogens with zero attached hydrogens (tertiary/aromatic N) is 3. The molecule has 4 rings (SSSR count). The Bertz CT molecular complexity index is 1010. The van der Waals surface area contributed by atoms with Gasteiger partial charge in [-0.25, -0.2) is 0 Å². The first-order valence-electron chi connectivity index (χ1n) is 8.32. The van der Waals surface area contributed by atoms with Gasteiger partial charge in [0.2, 0.25) is 5.16 Å². The number of H-pyrrole nitrogens is 1. The van der Waals surface area contributed by atoms with Gasteiger partial charge in [0.05, 0.1) is 11.3 Å². The summed E-state index contributed by atoms with van der Waals surface area (Å²) in [5.41, 5.74) is 4.39. The lowest BCUT2D eigenvalue weighted by Gasteiger charge is -2.22. The monoisotopic (exact) mass is 366 g/mol. The van der Waals surface area contributed by atoms with Gasteiger partial charge in [0.25, 0.3) is 6.17 Å². The normalized spacial score (nSPS) is 15.0. The molecule has 0 aliphatic carbocycles. The molecule has 2 N–H and O–H groups in total. The van der Waals surface area contributed by atoms with Gasteiger partial charge in [0, 0.05) is 30.4 Å². The quantitative estimate of drug-likeness (QED) is 0.551. The van der Waals surface area contributed by atoms with E-state index in [-0.39, 0.29) is 11.7 Å². The number of para-hydroxylation sites is 1. The SMILES string of the molecule is CSc1n[n+]2c(c(=O)[nH]1)-c1ccccc1N[C@H]2c1ccc(N(C)C)cc1. The number of hydrogen-bond acceptors (Lipinski definition) is 5. The van der Waals surface area contributed by atoms with Crippen molar-refractivity contribution in [3.8, 4) is 11.3 Å². The summed E-state index contributed by atoms with van der Waals surface area (Å²) in [6, 6.07) is 16.1. The molecule has 6 nitrogen and oxygen atoms in total.